The van der Waals surface area contributed by atoms with E-state index in [4.69, 9.17) is 0 Å². The maximum absolute atomic E-state index is 10.9. The Morgan fingerprint density at radius 3 is 1.92 bits per heavy atom. The first-order valence-corrected chi connectivity index (χ1v) is 8.26. The molecule has 0 spiro atoms. The SMILES string of the molecule is OC(c1ccccc1)c1cnn(-c2ccccc2)c1-c1ccccc1. The van der Waals surface area contributed by atoms with Gasteiger partial charge < -0.3 is 5.11 Å². The molecule has 0 aliphatic carbocycles. The molecule has 1 heterocycles. The van der Waals surface area contributed by atoms with E-state index in [1.54, 1.807) is 6.20 Å². The van der Waals surface area contributed by atoms with Crippen LogP contribution in [0.4, 0.5) is 0 Å². The van der Waals surface area contributed by atoms with Crippen molar-refractivity contribution in [3.63, 3.8) is 0 Å². The third kappa shape index (κ3) is 2.97. The van der Waals surface area contributed by atoms with Gasteiger partial charge in [0.05, 0.1) is 17.6 Å². The molecule has 1 atom stereocenters. The molecule has 0 aliphatic rings. The second kappa shape index (κ2) is 6.75. The van der Waals surface area contributed by atoms with Crippen molar-refractivity contribution < 1.29 is 5.11 Å². The molecule has 0 aliphatic heterocycles. The molecule has 0 bridgehead atoms. The minimum atomic E-state index is -0.728. The van der Waals surface area contributed by atoms with Gasteiger partial charge in [-0.15, -0.1) is 0 Å². The summed E-state index contributed by atoms with van der Waals surface area (Å²) in [6.45, 7) is 0. The Hall–Kier alpha value is -3.17. The highest BCUT2D eigenvalue weighted by Crippen LogP contribution is 2.33. The highest BCUT2D eigenvalue weighted by molar-refractivity contribution is 5.67. The first-order chi connectivity index (χ1) is 12.3. The van der Waals surface area contributed by atoms with E-state index >= 15 is 0 Å². The van der Waals surface area contributed by atoms with Crippen LogP contribution in [0.1, 0.15) is 17.2 Å². The molecule has 25 heavy (non-hydrogen) atoms. The summed E-state index contributed by atoms with van der Waals surface area (Å²) in [6.07, 6.45) is 1.03. The molecule has 1 aromatic heterocycles. The van der Waals surface area contributed by atoms with Gasteiger partial charge in [-0.25, -0.2) is 4.68 Å². The van der Waals surface area contributed by atoms with Gasteiger partial charge in [0, 0.05) is 11.1 Å². The lowest BCUT2D eigenvalue weighted by Crippen LogP contribution is -2.03. The van der Waals surface area contributed by atoms with Crippen molar-refractivity contribution in [3.05, 3.63) is 108 Å². The zero-order chi connectivity index (χ0) is 17.1. The number of rotatable bonds is 4. The quantitative estimate of drug-likeness (QED) is 0.594. The van der Waals surface area contributed by atoms with Gasteiger partial charge in [0.2, 0.25) is 0 Å². The number of para-hydroxylation sites is 1. The highest BCUT2D eigenvalue weighted by atomic mass is 16.3. The highest BCUT2D eigenvalue weighted by Gasteiger charge is 2.21. The van der Waals surface area contributed by atoms with Crippen LogP contribution in [0.3, 0.4) is 0 Å². The largest absolute Gasteiger partial charge is 0.384 e. The number of nitrogens with zero attached hydrogens (tertiary/aromatic N) is 2. The van der Waals surface area contributed by atoms with Gasteiger partial charge in [-0.2, -0.15) is 5.10 Å². The van der Waals surface area contributed by atoms with Crippen LogP contribution in [0.25, 0.3) is 16.9 Å². The molecule has 1 N–H and O–H groups in total. The predicted molar refractivity (Wildman–Crippen MR) is 99.5 cm³/mol. The fourth-order valence-electron chi connectivity index (χ4n) is 3.03. The van der Waals surface area contributed by atoms with Crippen molar-refractivity contribution >= 4 is 0 Å². The topological polar surface area (TPSA) is 38.1 Å². The Kier molecular flexibility index (Phi) is 4.15. The number of aliphatic hydroxyl groups is 1. The molecule has 0 radical (unpaired) electrons. The molecule has 4 rings (SSSR count). The Bertz CT molecular complexity index is 947. The lowest BCUT2D eigenvalue weighted by molar-refractivity contribution is 0.221. The summed E-state index contributed by atoms with van der Waals surface area (Å²) in [7, 11) is 0. The zero-order valence-corrected chi connectivity index (χ0v) is 13.7. The van der Waals surface area contributed by atoms with Crippen LogP contribution in [0.2, 0.25) is 0 Å². The van der Waals surface area contributed by atoms with Crippen molar-refractivity contribution in [2.24, 2.45) is 0 Å². The normalized spacial score (nSPS) is 12.0. The summed E-state index contributed by atoms with van der Waals surface area (Å²) < 4.78 is 1.89. The van der Waals surface area contributed by atoms with Gasteiger partial charge in [0.15, 0.2) is 0 Å². The molecule has 0 saturated heterocycles. The van der Waals surface area contributed by atoms with Gasteiger partial charge in [-0.1, -0.05) is 78.9 Å². The van der Waals surface area contributed by atoms with Gasteiger partial charge >= 0.3 is 0 Å². The van der Waals surface area contributed by atoms with Crippen LogP contribution in [0, 0.1) is 0 Å². The van der Waals surface area contributed by atoms with Crippen LogP contribution < -0.4 is 0 Å². The maximum Gasteiger partial charge on any atom is 0.108 e. The predicted octanol–water partition coefficient (Wildman–Crippen LogP) is 4.62. The average Bonchev–Trinajstić information content (AvgIpc) is 3.14. The Balaban J connectivity index is 1.90. The summed E-state index contributed by atoms with van der Waals surface area (Å²) in [5.41, 5.74) is 4.54. The summed E-state index contributed by atoms with van der Waals surface area (Å²) >= 11 is 0. The van der Waals surface area contributed by atoms with Crippen molar-refractivity contribution in [2.45, 2.75) is 6.10 Å². The van der Waals surface area contributed by atoms with E-state index in [9.17, 15) is 5.11 Å². The van der Waals surface area contributed by atoms with E-state index in [-0.39, 0.29) is 0 Å². The summed E-state index contributed by atoms with van der Waals surface area (Å²) in [5, 5.41) is 15.5. The fourth-order valence-corrected chi connectivity index (χ4v) is 3.03. The fraction of sp³-hybridized carbons (Fsp3) is 0.0455. The van der Waals surface area contributed by atoms with Crippen LogP contribution >= 0.6 is 0 Å². The van der Waals surface area contributed by atoms with Crippen LogP contribution in [0.5, 0.6) is 0 Å². The van der Waals surface area contributed by atoms with Gasteiger partial charge in [-0.05, 0) is 17.7 Å². The van der Waals surface area contributed by atoms with E-state index < -0.39 is 6.10 Å². The van der Waals surface area contributed by atoms with E-state index in [1.807, 2.05) is 95.7 Å². The number of aliphatic hydroxyl groups excluding tert-OH is 1. The zero-order valence-electron chi connectivity index (χ0n) is 13.7. The monoisotopic (exact) mass is 326 g/mol. The Morgan fingerprint density at radius 2 is 1.28 bits per heavy atom. The minimum Gasteiger partial charge on any atom is -0.384 e. The van der Waals surface area contributed by atoms with Gasteiger partial charge in [0.1, 0.15) is 6.10 Å². The third-order valence-corrected chi connectivity index (χ3v) is 4.26. The van der Waals surface area contributed by atoms with Crippen LogP contribution in [-0.4, -0.2) is 14.9 Å². The molecule has 0 saturated carbocycles. The molecule has 3 nitrogen and oxygen atoms in total. The van der Waals surface area contributed by atoms with E-state index in [0.717, 1.165) is 28.1 Å². The lowest BCUT2D eigenvalue weighted by atomic mass is 9.98. The van der Waals surface area contributed by atoms with Crippen LogP contribution in [-0.2, 0) is 0 Å². The van der Waals surface area contributed by atoms with Crippen molar-refractivity contribution in [1.82, 2.24) is 9.78 Å². The first-order valence-electron chi connectivity index (χ1n) is 8.26. The van der Waals surface area contributed by atoms with Gasteiger partial charge in [-0.3, -0.25) is 0 Å². The molecule has 0 amide bonds. The Labute approximate surface area is 146 Å². The second-order valence-electron chi connectivity index (χ2n) is 5.88. The third-order valence-electron chi connectivity index (χ3n) is 4.26. The molecule has 4 aromatic rings. The smallest absolute Gasteiger partial charge is 0.108 e. The summed E-state index contributed by atoms with van der Waals surface area (Å²) in [4.78, 5) is 0. The van der Waals surface area contributed by atoms with Crippen molar-refractivity contribution in [2.75, 3.05) is 0 Å². The Morgan fingerprint density at radius 1 is 0.720 bits per heavy atom. The molecular formula is C22H18N2O. The van der Waals surface area contributed by atoms with E-state index in [2.05, 4.69) is 5.10 Å². The summed E-state index contributed by atoms with van der Waals surface area (Å²) in [6, 6.07) is 29.7. The number of benzene rings is 3. The van der Waals surface area contributed by atoms with Gasteiger partial charge in [0.25, 0.3) is 0 Å². The molecular weight excluding hydrogens is 308 g/mol. The molecule has 3 aromatic carbocycles. The number of hydrogen-bond donors (Lipinski definition) is 1. The molecule has 0 fully saturated rings. The average molecular weight is 326 g/mol. The van der Waals surface area contributed by atoms with E-state index in [1.165, 1.54) is 0 Å². The van der Waals surface area contributed by atoms with E-state index in [0.29, 0.717) is 0 Å². The van der Waals surface area contributed by atoms with Crippen molar-refractivity contribution in [3.8, 4) is 16.9 Å². The maximum atomic E-state index is 10.9. The number of aromatic nitrogens is 2. The molecule has 122 valence electrons. The minimum absolute atomic E-state index is 0.728. The van der Waals surface area contributed by atoms with Crippen molar-refractivity contribution in [1.29, 1.82) is 0 Å². The lowest BCUT2D eigenvalue weighted by Gasteiger charge is -2.14. The first kappa shape index (κ1) is 15.4. The second-order valence-corrected chi connectivity index (χ2v) is 5.88. The summed E-state index contributed by atoms with van der Waals surface area (Å²) in [5.74, 6) is 0. The number of hydrogen-bond acceptors (Lipinski definition) is 2. The standard InChI is InChI=1S/C22H18N2O/c25-22(18-12-6-2-7-13-18)20-16-23-24(19-14-8-3-9-15-19)21(20)17-10-4-1-5-11-17/h1-16,22,25H. The molecule has 1 unspecified atom stereocenters. The van der Waals surface area contributed by atoms with Crippen LogP contribution in [0.15, 0.2) is 97.2 Å². The molecule has 3 heteroatoms.